The van der Waals surface area contributed by atoms with Gasteiger partial charge in [-0.2, -0.15) is 0 Å². The van der Waals surface area contributed by atoms with Gasteiger partial charge in [-0.15, -0.1) is 0 Å². The average molecular weight is 355 g/mol. The van der Waals surface area contributed by atoms with Gasteiger partial charge in [0, 0.05) is 18.0 Å². The summed E-state index contributed by atoms with van der Waals surface area (Å²) in [7, 11) is 1.77. The molecule has 3 rings (SSSR count). The highest BCUT2D eigenvalue weighted by Crippen LogP contribution is 2.36. The first-order valence-electron chi connectivity index (χ1n) is 7.31. The third kappa shape index (κ3) is 2.79. The Balaban J connectivity index is 1.94. The predicted octanol–water partition coefficient (Wildman–Crippen LogP) is 3.61. The Bertz CT molecular complexity index is 809. The molecule has 1 amide bonds. The summed E-state index contributed by atoms with van der Waals surface area (Å²) < 4.78 is 1.74. The lowest BCUT2D eigenvalue weighted by Gasteiger charge is -2.41. The van der Waals surface area contributed by atoms with Gasteiger partial charge in [0.1, 0.15) is 5.69 Å². The van der Waals surface area contributed by atoms with Crippen LogP contribution in [0, 0.1) is 0 Å². The lowest BCUT2D eigenvalue weighted by atomic mass is 9.74. The second kappa shape index (κ2) is 5.73. The van der Waals surface area contributed by atoms with E-state index in [1.807, 2.05) is 0 Å². The highest BCUT2D eigenvalue weighted by molar-refractivity contribution is 6.45. The van der Waals surface area contributed by atoms with Crippen molar-refractivity contribution in [1.82, 2.24) is 9.88 Å². The van der Waals surface area contributed by atoms with E-state index in [0.29, 0.717) is 34.0 Å². The molecule has 122 valence electrons. The number of rotatable bonds is 4. The molecule has 0 saturated heterocycles. The van der Waals surface area contributed by atoms with Crippen LogP contribution in [-0.2, 0) is 11.8 Å². The number of carboxylic acids is 1. The van der Waals surface area contributed by atoms with E-state index in [9.17, 15) is 9.59 Å². The highest BCUT2D eigenvalue weighted by atomic mass is 35.5. The number of aliphatic carboxylic acids is 1. The molecule has 2 N–H and O–H groups in total. The number of aromatic nitrogens is 1. The maximum atomic E-state index is 12.6. The molecule has 0 aliphatic heterocycles. The normalized spacial score (nSPS) is 16.1. The van der Waals surface area contributed by atoms with Crippen molar-refractivity contribution in [3.8, 4) is 0 Å². The van der Waals surface area contributed by atoms with Gasteiger partial charge in [-0.3, -0.25) is 9.59 Å². The highest BCUT2D eigenvalue weighted by Gasteiger charge is 2.40. The lowest BCUT2D eigenvalue weighted by molar-refractivity contribution is -0.139. The summed E-state index contributed by atoms with van der Waals surface area (Å²) in [6, 6.07) is 5.18. The van der Waals surface area contributed by atoms with E-state index in [2.05, 4.69) is 5.32 Å². The number of aryl methyl sites for hydroxylation is 1. The SMILES string of the molecule is Cn1c(C(=O)NC2(CC(=O)O)CCC2)cc2c(Cl)c(Cl)ccc21. The molecule has 7 heteroatoms. The van der Waals surface area contributed by atoms with Crippen molar-refractivity contribution in [2.24, 2.45) is 7.05 Å². The molecule has 0 bridgehead atoms. The number of hydrogen-bond donors (Lipinski definition) is 2. The molecule has 5 nitrogen and oxygen atoms in total. The van der Waals surface area contributed by atoms with Crippen molar-refractivity contribution in [1.29, 1.82) is 0 Å². The third-order valence-electron chi connectivity index (χ3n) is 4.53. The monoisotopic (exact) mass is 354 g/mol. The summed E-state index contributed by atoms with van der Waals surface area (Å²) >= 11 is 12.2. The largest absolute Gasteiger partial charge is 0.481 e. The second-order valence-electron chi connectivity index (χ2n) is 6.04. The summed E-state index contributed by atoms with van der Waals surface area (Å²) in [5.74, 6) is -1.20. The molecule has 0 atom stereocenters. The molecule has 23 heavy (non-hydrogen) atoms. The molecule has 0 radical (unpaired) electrons. The smallest absolute Gasteiger partial charge is 0.305 e. The fourth-order valence-corrected chi connectivity index (χ4v) is 3.49. The minimum atomic E-state index is -0.906. The number of fused-ring (bicyclic) bond motifs is 1. The average Bonchev–Trinajstić information content (AvgIpc) is 2.78. The number of carbonyl (C=O) groups excluding carboxylic acids is 1. The topological polar surface area (TPSA) is 71.3 Å². The minimum Gasteiger partial charge on any atom is -0.481 e. The maximum Gasteiger partial charge on any atom is 0.305 e. The van der Waals surface area contributed by atoms with Gasteiger partial charge in [0.15, 0.2) is 0 Å². The van der Waals surface area contributed by atoms with Gasteiger partial charge in [-0.05, 0) is 37.5 Å². The standard InChI is InChI=1S/C16H16Cl2N2O3/c1-20-11-4-3-10(17)14(18)9(11)7-12(20)15(23)19-16(5-2-6-16)8-13(21)22/h3-4,7H,2,5-6,8H2,1H3,(H,19,23)(H,21,22). The van der Waals surface area contributed by atoms with E-state index in [-0.39, 0.29) is 12.3 Å². The lowest BCUT2D eigenvalue weighted by Crippen LogP contribution is -2.54. The Kier molecular flexibility index (Phi) is 4.02. The predicted molar refractivity (Wildman–Crippen MR) is 89.2 cm³/mol. The number of halogens is 2. The van der Waals surface area contributed by atoms with Crippen LogP contribution >= 0.6 is 23.2 Å². The quantitative estimate of drug-likeness (QED) is 0.880. The second-order valence-corrected chi connectivity index (χ2v) is 6.83. The van der Waals surface area contributed by atoms with Crippen LogP contribution in [0.15, 0.2) is 18.2 Å². The Morgan fingerprint density at radius 1 is 1.35 bits per heavy atom. The number of hydrogen-bond acceptors (Lipinski definition) is 2. The molecular weight excluding hydrogens is 339 g/mol. The van der Waals surface area contributed by atoms with Crippen LogP contribution in [0.25, 0.3) is 10.9 Å². The van der Waals surface area contributed by atoms with Gasteiger partial charge in [-0.25, -0.2) is 0 Å². The van der Waals surface area contributed by atoms with Gasteiger partial charge in [-0.1, -0.05) is 23.2 Å². The summed E-state index contributed by atoms with van der Waals surface area (Å²) in [6.45, 7) is 0. The van der Waals surface area contributed by atoms with Crippen molar-refractivity contribution in [3.63, 3.8) is 0 Å². The zero-order valence-electron chi connectivity index (χ0n) is 12.5. The Labute approximate surface area is 143 Å². The molecule has 1 fully saturated rings. The molecular formula is C16H16Cl2N2O3. The molecule has 1 saturated carbocycles. The summed E-state index contributed by atoms with van der Waals surface area (Å²) in [4.78, 5) is 23.6. The van der Waals surface area contributed by atoms with Crippen molar-refractivity contribution < 1.29 is 14.7 Å². The Morgan fingerprint density at radius 3 is 2.61 bits per heavy atom. The van der Waals surface area contributed by atoms with E-state index >= 15 is 0 Å². The van der Waals surface area contributed by atoms with Gasteiger partial charge in [0.2, 0.25) is 0 Å². The zero-order valence-corrected chi connectivity index (χ0v) is 14.0. The zero-order chi connectivity index (χ0) is 16.8. The minimum absolute atomic E-state index is 0.0603. The number of nitrogens with zero attached hydrogens (tertiary/aromatic N) is 1. The number of nitrogens with one attached hydrogen (secondary N) is 1. The Morgan fingerprint density at radius 2 is 2.04 bits per heavy atom. The first-order chi connectivity index (χ1) is 10.8. The van der Waals surface area contributed by atoms with Crippen molar-refractivity contribution in [2.45, 2.75) is 31.2 Å². The van der Waals surface area contributed by atoms with Gasteiger partial charge < -0.3 is 15.0 Å². The number of benzene rings is 1. The van der Waals surface area contributed by atoms with Crippen LogP contribution in [0.4, 0.5) is 0 Å². The van der Waals surface area contributed by atoms with Crippen LogP contribution in [-0.4, -0.2) is 27.1 Å². The Hall–Kier alpha value is -1.72. The van der Waals surface area contributed by atoms with E-state index in [0.717, 1.165) is 11.9 Å². The van der Waals surface area contributed by atoms with Gasteiger partial charge in [0.05, 0.1) is 22.0 Å². The maximum absolute atomic E-state index is 12.6. The third-order valence-corrected chi connectivity index (χ3v) is 5.34. The van der Waals surface area contributed by atoms with E-state index in [1.165, 1.54) is 0 Å². The molecule has 1 aromatic carbocycles. The molecule has 0 spiro atoms. The van der Waals surface area contributed by atoms with Crippen LogP contribution in [0.1, 0.15) is 36.2 Å². The summed E-state index contributed by atoms with van der Waals surface area (Å²) in [6.07, 6.45) is 2.22. The molecule has 1 aliphatic rings. The number of carboxylic acid groups (broad SMARTS) is 1. The van der Waals surface area contributed by atoms with Crippen molar-refractivity contribution in [3.05, 3.63) is 33.9 Å². The molecule has 0 unspecified atom stereocenters. The number of amides is 1. The fourth-order valence-electron chi connectivity index (χ4n) is 3.11. The summed E-state index contributed by atoms with van der Waals surface area (Å²) in [5, 5.41) is 13.5. The fraction of sp³-hybridized carbons (Fsp3) is 0.375. The van der Waals surface area contributed by atoms with E-state index < -0.39 is 11.5 Å². The van der Waals surface area contributed by atoms with Crippen LogP contribution in [0.3, 0.4) is 0 Å². The van der Waals surface area contributed by atoms with Crippen LogP contribution < -0.4 is 5.32 Å². The molecule has 1 aromatic heterocycles. The van der Waals surface area contributed by atoms with E-state index in [4.69, 9.17) is 28.3 Å². The van der Waals surface area contributed by atoms with Crippen LogP contribution in [0.2, 0.25) is 10.0 Å². The van der Waals surface area contributed by atoms with Crippen molar-refractivity contribution >= 4 is 46.0 Å². The molecule has 1 heterocycles. The van der Waals surface area contributed by atoms with Gasteiger partial charge in [0.25, 0.3) is 5.91 Å². The molecule has 2 aromatic rings. The van der Waals surface area contributed by atoms with E-state index in [1.54, 1.807) is 29.8 Å². The first kappa shape index (κ1) is 16.1. The first-order valence-corrected chi connectivity index (χ1v) is 8.06. The summed E-state index contributed by atoms with van der Waals surface area (Å²) in [5.41, 5.74) is 0.590. The number of carbonyl (C=O) groups is 2. The molecule has 1 aliphatic carbocycles. The van der Waals surface area contributed by atoms with Gasteiger partial charge >= 0.3 is 5.97 Å². The van der Waals surface area contributed by atoms with Crippen molar-refractivity contribution in [2.75, 3.05) is 0 Å². The van der Waals surface area contributed by atoms with Crippen LogP contribution in [0.5, 0.6) is 0 Å².